The molecule has 2 aromatic rings. The number of aromatic nitrogens is 2. The van der Waals surface area contributed by atoms with Crippen LogP contribution in [0.4, 0.5) is 5.69 Å². The summed E-state index contributed by atoms with van der Waals surface area (Å²) >= 11 is 0. The first-order chi connectivity index (χ1) is 8.11. The largest absolute Gasteiger partial charge is 0.496 e. The van der Waals surface area contributed by atoms with Crippen LogP contribution in [-0.2, 0) is 0 Å². The average Bonchev–Trinajstić information content (AvgIpc) is 2.74. The zero-order valence-electron chi connectivity index (χ0n) is 9.43. The molecule has 0 saturated carbocycles. The third-order valence-electron chi connectivity index (χ3n) is 2.35. The van der Waals surface area contributed by atoms with Crippen LogP contribution in [0.2, 0.25) is 0 Å². The number of nitrogens with zero attached hydrogens (tertiary/aromatic N) is 2. The molecule has 2 rings (SSSR count). The summed E-state index contributed by atoms with van der Waals surface area (Å²) in [6.45, 7) is 1.88. The maximum atomic E-state index is 10.6. The molecule has 0 bridgehead atoms. The Bertz CT molecular complexity index is 563. The van der Waals surface area contributed by atoms with E-state index in [4.69, 9.17) is 4.74 Å². The van der Waals surface area contributed by atoms with Gasteiger partial charge in [-0.1, -0.05) is 0 Å². The second-order valence-corrected chi connectivity index (χ2v) is 3.56. The molecule has 0 radical (unpaired) electrons. The molecule has 88 valence electrons. The summed E-state index contributed by atoms with van der Waals surface area (Å²) < 4.78 is 5.14. The lowest BCUT2D eigenvalue weighted by Crippen LogP contribution is -1.93. The Kier molecular flexibility index (Phi) is 2.78. The average molecular weight is 233 g/mol. The highest BCUT2D eigenvalue weighted by Gasteiger charge is 2.14. The van der Waals surface area contributed by atoms with Gasteiger partial charge in [-0.25, -0.2) is 4.98 Å². The number of benzene rings is 1. The van der Waals surface area contributed by atoms with Crippen LogP contribution in [0.25, 0.3) is 11.4 Å². The fourth-order valence-electron chi connectivity index (χ4n) is 1.54. The summed E-state index contributed by atoms with van der Waals surface area (Å²) in [5.74, 6) is 1.06. The fraction of sp³-hybridized carbons (Fsp3) is 0.182. The number of nitro benzene ring substituents is 1. The summed E-state index contributed by atoms with van der Waals surface area (Å²) in [5.41, 5.74) is 1.61. The SMILES string of the molecule is COc1cc([N+](=O)[O-])ccc1-c1ncc(C)[nH]1. The molecule has 0 amide bonds. The van der Waals surface area contributed by atoms with Gasteiger partial charge in [-0.2, -0.15) is 0 Å². The van der Waals surface area contributed by atoms with Gasteiger partial charge >= 0.3 is 0 Å². The minimum Gasteiger partial charge on any atom is -0.496 e. The number of methoxy groups -OCH3 is 1. The van der Waals surface area contributed by atoms with Crippen molar-refractivity contribution in [2.75, 3.05) is 7.11 Å². The van der Waals surface area contributed by atoms with E-state index in [1.807, 2.05) is 6.92 Å². The second-order valence-electron chi connectivity index (χ2n) is 3.56. The van der Waals surface area contributed by atoms with Gasteiger partial charge in [-0.3, -0.25) is 10.1 Å². The van der Waals surface area contributed by atoms with Gasteiger partial charge in [0.15, 0.2) is 0 Å². The van der Waals surface area contributed by atoms with Gasteiger partial charge in [-0.05, 0) is 13.0 Å². The van der Waals surface area contributed by atoms with E-state index in [1.54, 1.807) is 12.3 Å². The molecule has 1 N–H and O–H groups in total. The molecule has 0 aliphatic carbocycles. The molecule has 0 aliphatic heterocycles. The van der Waals surface area contributed by atoms with Crippen molar-refractivity contribution in [1.29, 1.82) is 0 Å². The molecule has 0 fully saturated rings. The number of non-ortho nitro benzene ring substituents is 1. The first-order valence-electron chi connectivity index (χ1n) is 4.96. The molecular formula is C11H11N3O3. The number of nitrogens with one attached hydrogen (secondary N) is 1. The van der Waals surface area contributed by atoms with Crippen LogP contribution < -0.4 is 4.74 Å². The minimum absolute atomic E-state index is 0.00567. The van der Waals surface area contributed by atoms with E-state index in [9.17, 15) is 10.1 Å². The lowest BCUT2D eigenvalue weighted by Gasteiger charge is -2.05. The van der Waals surface area contributed by atoms with Gasteiger partial charge in [0.25, 0.3) is 5.69 Å². The van der Waals surface area contributed by atoms with E-state index in [2.05, 4.69) is 9.97 Å². The lowest BCUT2D eigenvalue weighted by molar-refractivity contribution is -0.384. The molecule has 1 aromatic heterocycles. The summed E-state index contributed by atoms with van der Waals surface area (Å²) in [6.07, 6.45) is 1.69. The highest BCUT2D eigenvalue weighted by Crippen LogP contribution is 2.31. The van der Waals surface area contributed by atoms with Crippen LogP contribution in [0.5, 0.6) is 5.75 Å². The summed E-state index contributed by atoms with van der Waals surface area (Å²) in [5, 5.41) is 10.6. The molecule has 1 heterocycles. The highest BCUT2D eigenvalue weighted by atomic mass is 16.6. The Hall–Kier alpha value is -2.37. The summed E-state index contributed by atoms with van der Waals surface area (Å²) in [7, 11) is 1.47. The predicted octanol–water partition coefficient (Wildman–Crippen LogP) is 2.30. The number of hydrogen-bond donors (Lipinski definition) is 1. The third-order valence-corrected chi connectivity index (χ3v) is 2.35. The van der Waals surface area contributed by atoms with Crippen molar-refractivity contribution in [3.05, 3.63) is 40.2 Å². The van der Waals surface area contributed by atoms with Crippen LogP contribution in [0.1, 0.15) is 5.69 Å². The van der Waals surface area contributed by atoms with E-state index in [0.717, 1.165) is 5.69 Å². The number of rotatable bonds is 3. The Morgan fingerprint density at radius 2 is 2.24 bits per heavy atom. The molecule has 0 unspecified atom stereocenters. The second kappa shape index (κ2) is 4.25. The van der Waals surface area contributed by atoms with Crippen LogP contribution in [0, 0.1) is 17.0 Å². The van der Waals surface area contributed by atoms with E-state index in [-0.39, 0.29) is 5.69 Å². The van der Waals surface area contributed by atoms with Crippen LogP contribution >= 0.6 is 0 Å². The number of nitro groups is 1. The van der Waals surface area contributed by atoms with Crippen molar-refractivity contribution in [1.82, 2.24) is 9.97 Å². The third kappa shape index (κ3) is 2.10. The Morgan fingerprint density at radius 1 is 1.47 bits per heavy atom. The Balaban J connectivity index is 2.51. The first-order valence-corrected chi connectivity index (χ1v) is 4.96. The topological polar surface area (TPSA) is 81.1 Å². The van der Waals surface area contributed by atoms with Crippen LogP contribution in [0.3, 0.4) is 0 Å². The number of hydrogen-bond acceptors (Lipinski definition) is 4. The predicted molar refractivity (Wildman–Crippen MR) is 62.0 cm³/mol. The first kappa shape index (κ1) is 11.1. The van der Waals surface area contributed by atoms with Crippen LogP contribution in [0.15, 0.2) is 24.4 Å². The molecule has 0 atom stereocenters. The number of aromatic amines is 1. The highest BCUT2D eigenvalue weighted by molar-refractivity contribution is 5.66. The quantitative estimate of drug-likeness (QED) is 0.651. The maximum Gasteiger partial charge on any atom is 0.273 e. The van der Waals surface area contributed by atoms with E-state index < -0.39 is 4.92 Å². The zero-order valence-corrected chi connectivity index (χ0v) is 9.43. The van der Waals surface area contributed by atoms with Crippen molar-refractivity contribution in [3.63, 3.8) is 0 Å². The van der Waals surface area contributed by atoms with E-state index >= 15 is 0 Å². The van der Waals surface area contributed by atoms with Gasteiger partial charge < -0.3 is 9.72 Å². The number of ether oxygens (including phenoxy) is 1. The number of imidazole rings is 1. The lowest BCUT2D eigenvalue weighted by atomic mass is 10.1. The van der Waals surface area contributed by atoms with Crippen molar-refractivity contribution < 1.29 is 9.66 Å². The molecule has 6 nitrogen and oxygen atoms in total. The van der Waals surface area contributed by atoms with Gasteiger partial charge in [-0.15, -0.1) is 0 Å². The Morgan fingerprint density at radius 3 is 2.76 bits per heavy atom. The Labute approximate surface area is 97.4 Å². The molecule has 0 saturated heterocycles. The number of aryl methyl sites for hydroxylation is 1. The van der Waals surface area contributed by atoms with Crippen molar-refractivity contribution >= 4 is 5.69 Å². The molecule has 0 spiro atoms. The van der Waals surface area contributed by atoms with Crippen molar-refractivity contribution in [2.24, 2.45) is 0 Å². The van der Waals surface area contributed by atoms with Crippen molar-refractivity contribution in [2.45, 2.75) is 6.92 Å². The van der Waals surface area contributed by atoms with Gasteiger partial charge in [0, 0.05) is 18.0 Å². The van der Waals surface area contributed by atoms with E-state index in [1.165, 1.54) is 19.2 Å². The minimum atomic E-state index is -0.459. The van der Waals surface area contributed by atoms with Gasteiger partial charge in [0.2, 0.25) is 0 Å². The van der Waals surface area contributed by atoms with E-state index in [0.29, 0.717) is 17.1 Å². The summed E-state index contributed by atoms with van der Waals surface area (Å²) in [6, 6.07) is 4.43. The molecule has 17 heavy (non-hydrogen) atoms. The molecule has 0 aliphatic rings. The van der Waals surface area contributed by atoms with Gasteiger partial charge in [0.05, 0.1) is 23.7 Å². The van der Waals surface area contributed by atoms with Crippen LogP contribution in [-0.4, -0.2) is 22.0 Å². The molecular weight excluding hydrogens is 222 g/mol. The summed E-state index contributed by atoms with van der Waals surface area (Å²) in [4.78, 5) is 17.4. The smallest absolute Gasteiger partial charge is 0.273 e. The van der Waals surface area contributed by atoms with Gasteiger partial charge in [0.1, 0.15) is 11.6 Å². The standard InChI is InChI=1S/C11H11N3O3/c1-7-6-12-11(13-7)9-4-3-8(14(15)16)5-10(9)17-2/h3-6H,1-2H3,(H,12,13). The molecule has 6 heteroatoms. The maximum absolute atomic E-state index is 10.6. The molecule has 1 aromatic carbocycles. The zero-order chi connectivity index (χ0) is 12.4. The van der Waals surface area contributed by atoms with Crippen molar-refractivity contribution in [3.8, 4) is 17.1 Å². The number of H-pyrrole nitrogens is 1. The monoisotopic (exact) mass is 233 g/mol. The normalized spacial score (nSPS) is 10.2. The fourth-order valence-corrected chi connectivity index (χ4v) is 1.54.